The molecule has 2 aromatic carbocycles. The number of nitrogens with one attached hydrogen (secondary N) is 1. The van der Waals surface area contributed by atoms with E-state index >= 15 is 0 Å². The molecule has 26 heavy (non-hydrogen) atoms. The summed E-state index contributed by atoms with van der Waals surface area (Å²) in [6, 6.07) is 14.5. The molecule has 0 unspecified atom stereocenters. The van der Waals surface area contributed by atoms with E-state index < -0.39 is 0 Å². The van der Waals surface area contributed by atoms with E-state index in [2.05, 4.69) is 40.3 Å². The Bertz CT molecular complexity index is 1210. The molecule has 0 fully saturated rings. The van der Waals surface area contributed by atoms with Crippen molar-refractivity contribution in [2.45, 2.75) is 24.5 Å². The van der Waals surface area contributed by atoms with Crippen molar-refractivity contribution in [2.75, 3.05) is 0 Å². The van der Waals surface area contributed by atoms with Crippen molar-refractivity contribution >= 4 is 49.9 Å². The molecule has 0 amide bonds. The van der Waals surface area contributed by atoms with Gasteiger partial charge in [-0.25, -0.2) is 4.98 Å². The molecule has 0 saturated carbocycles. The topological polar surface area (TPSA) is 62.8 Å². The van der Waals surface area contributed by atoms with Crippen molar-refractivity contribution in [1.29, 1.82) is 0 Å². The van der Waals surface area contributed by atoms with Crippen LogP contribution < -0.4 is 5.56 Å². The molecule has 0 saturated heterocycles. The highest BCUT2D eigenvalue weighted by Gasteiger charge is 2.16. The lowest BCUT2D eigenvalue weighted by atomic mass is 10.1. The van der Waals surface area contributed by atoms with Gasteiger partial charge in [0.2, 0.25) is 0 Å². The molecule has 1 N–H and O–H groups in total. The highest BCUT2D eigenvalue weighted by atomic mass is 32.2. The first-order valence-corrected chi connectivity index (χ1v) is 9.98. The number of fused-ring (bicyclic) bond motifs is 2. The van der Waals surface area contributed by atoms with Gasteiger partial charge in [0.1, 0.15) is 10.7 Å². The number of hydrogen-bond acceptors (Lipinski definition) is 5. The van der Waals surface area contributed by atoms with E-state index in [0.717, 1.165) is 10.5 Å². The first kappa shape index (κ1) is 17.0. The minimum atomic E-state index is -0.176. The molecule has 4 rings (SSSR count). The van der Waals surface area contributed by atoms with Gasteiger partial charge in [0, 0.05) is 4.90 Å². The molecule has 0 radical (unpaired) electrons. The van der Waals surface area contributed by atoms with Crippen molar-refractivity contribution in [2.24, 2.45) is 0 Å². The Balaban J connectivity index is 1.64. The van der Waals surface area contributed by atoms with E-state index in [1.165, 1.54) is 29.0 Å². The van der Waals surface area contributed by atoms with E-state index in [-0.39, 0.29) is 11.3 Å². The number of hydrogen-bond donors (Lipinski definition) is 1. The van der Waals surface area contributed by atoms with Crippen LogP contribution in [0.3, 0.4) is 0 Å². The molecule has 0 aliphatic rings. The highest BCUT2D eigenvalue weighted by Crippen LogP contribution is 2.29. The van der Waals surface area contributed by atoms with Crippen LogP contribution in [0.4, 0.5) is 0 Å². The minimum Gasteiger partial charge on any atom is -0.309 e. The maximum absolute atomic E-state index is 12.4. The third-order valence-electron chi connectivity index (χ3n) is 4.27. The molecule has 130 valence electrons. The molecule has 0 bridgehead atoms. The number of benzene rings is 2. The third-order valence-corrected chi connectivity index (χ3v) is 6.56. The largest absolute Gasteiger partial charge is 0.309 e. The number of thioether (sulfide) groups is 1. The summed E-state index contributed by atoms with van der Waals surface area (Å²) in [5.41, 5.74) is 0.547. The Kier molecular flexibility index (Phi) is 4.38. The second-order valence-electron chi connectivity index (χ2n) is 6.10. The number of H-pyrrole nitrogens is 1. The van der Waals surface area contributed by atoms with Crippen LogP contribution in [-0.4, -0.2) is 15.8 Å². The lowest BCUT2D eigenvalue weighted by Gasteiger charge is -2.04. The van der Waals surface area contributed by atoms with Gasteiger partial charge in [-0.2, -0.15) is 0 Å². The Morgan fingerprint density at radius 1 is 1.19 bits per heavy atom. The number of Topliss-reactive ketones (excluding diaryl/α,β-unsaturated/α-hetero) is 1. The van der Waals surface area contributed by atoms with Crippen LogP contribution >= 0.6 is 23.1 Å². The van der Waals surface area contributed by atoms with Gasteiger partial charge in [0.05, 0.1) is 16.0 Å². The summed E-state index contributed by atoms with van der Waals surface area (Å²) in [6.45, 7) is 3.32. The maximum Gasteiger partial charge on any atom is 0.259 e. The number of aromatic amines is 1. The summed E-state index contributed by atoms with van der Waals surface area (Å²) in [5.74, 6) is 1.16. The molecular weight excluding hydrogens is 364 g/mol. The molecule has 0 aliphatic carbocycles. The van der Waals surface area contributed by atoms with Crippen LogP contribution in [0.2, 0.25) is 0 Å². The van der Waals surface area contributed by atoms with Gasteiger partial charge in [0.25, 0.3) is 5.56 Å². The summed E-state index contributed by atoms with van der Waals surface area (Å²) in [5, 5.41) is 2.92. The number of ketones is 1. The first-order valence-electron chi connectivity index (χ1n) is 8.18. The summed E-state index contributed by atoms with van der Waals surface area (Å²) in [7, 11) is 0. The van der Waals surface area contributed by atoms with Crippen molar-refractivity contribution in [3.05, 3.63) is 69.1 Å². The predicted octanol–water partition coefficient (Wildman–Crippen LogP) is 4.94. The lowest BCUT2D eigenvalue weighted by Crippen LogP contribution is -2.11. The van der Waals surface area contributed by atoms with Crippen molar-refractivity contribution in [3.63, 3.8) is 0 Å². The van der Waals surface area contributed by atoms with Gasteiger partial charge in [-0.1, -0.05) is 30.3 Å². The maximum atomic E-state index is 12.4. The van der Waals surface area contributed by atoms with Crippen LogP contribution in [0.5, 0.6) is 0 Å². The van der Waals surface area contributed by atoms with Crippen LogP contribution in [0.25, 0.3) is 21.0 Å². The number of carbonyl (C=O) groups excluding carboxylic acids is 1. The number of rotatable bonds is 4. The summed E-state index contributed by atoms with van der Waals surface area (Å²) in [6.07, 6.45) is 0. The fourth-order valence-corrected chi connectivity index (χ4v) is 4.91. The molecule has 4 aromatic rings. The van der Waals surface area contributed by atoms with E-state index in [0.29, 0.717) is 26.7 Å². The second-order valence-corrected chi connectivity index (χ2v) is 8.15. The van der Waals surface area contributed by atoms with Crippen LogP contribution in [0.15, 0.2) is 52.2 Å². The van der Waals surface area contributed by atoms with Crippen LogP contribution in [0.1, 0.15) is 28.0 Å². The van der Waals surface area contributed by atoms with Crippen molar-refractivity contribution in [1.82, 2.24) is 9.97 Å². The molecule has 2 aromatic heterocycles. The lowest BCUT2D eigenvalue weighted by molar-refractivity contribution is 0.102. The average molecular weight is 380 g/mol. The zero-order valence-corrected chi connectivity index (χ0v) is 16.0. The molecule has 0 spiro atoms. The smallest absolute Gasteiger partial charge is 0.259 e. The van der Waals surface area contributed by atoms with Gasteiger partial charge < -0.3 is 4.98 Å². The molecule has 0 aliphatic heterocycles. The molecule has 0 atom stereocenters. The monoisotopic (exact) mass is 380 g/mol. The quantitative estimate of drug-likeness (QED) is 0.402. The number of nitrogens with zero attached hydrogens (tertiary/aromatic N) is 1. The SMILES string of the molecule is CC(=O)c1sc2nc(CSc3ccc4ccccc4c3)[nH]c(=O)c2c1C. The molecule has 6 heteroatoms. The number of aromatic nitrogens is 2. The number of aryl methyl sites for hydroxylation is 1. The van der Waals surface area contributed by atoms with E-state index in [9.17, 15) is 9.59 Å². The second kappa shape index (κ2) is 6.70. The Labute approximate surface area is 158 Å². The van der Waals surface area contributed by atoms with Gasteiger partial charge >= 0.3 is 0 Å². The predicted molar refractivity (Wildman–Crippen MR) is 108 cm³/mol. The fourth-order valence-electron chi connectivity index (χ4n) is 3.00. The zero-order chi connectivity index (χ0) is 18.3. The van der Waals surface area contributed by atoms with E-state index in [1.54, 1.807) is 18.7 Å². The van der Waals surface area contributed by atoms with Crippen LogP contribution in [-0.2, 0) is 5.75 Å². The summed E-state index contributed by atoms with van der Waals surface area (Å²) < 4.78 is 0. The molecule has 4 nitrogen and oxygen atoms in total. The number of thiophene rings is 1. The summed E-state index contributed by atoms with van der Waals surface area (Å²) in [4.78, 5) is 33.9. The van der Waals surface area contributed by atoms with Gasteiger partial charge in [-0.05, 0) is 42.3 Å². The van der Waals surface area contributed by atoms with Crippen molar-refractivity contribution in [3.8, 4) is 0 Å². The average Bonchev–Trinajstić information content (AvgIpc) is 2.97. The summed E-state index contributed by atoms with van der Waals surface area (Å²) >= 11 is 2.92. The Morgan fingerprint density at radius 3 is 2.73 bits per heavy atom. The van der Waals surface area contributed by atoms with Gasteiger partial charge in [0.15, 0.2) is 5.78 Å². The van der Waals surface area contributed by atoms with E-state index in [4.69, 9.17) is 0 Å². The van der Waals surface area contributed by atoms with Crippen LogP contribution in [0, 0.1) is 6.92 Å². The highest BCUT2D eigenvalue weighted by molar-refractivity contribution is 7.98. The Morgan fingerprint density at radius 2 is 1.96 bits per heavy atom. The fraction of sp³-hybridized carbons (Fsp3) is 0.150. The van der Waals surface area contributed by atoms with Gasteiger partial charge in [-0.15, -0.1) is 23.1 Å². The minimum absolute atomic E-state index is 0.0306. The first-order chi connectivity index (χ1) is 12.5. The normalized spacial score (nSPS) is 11.3. The molecular formula is C20H16N2O2S2. The third kappa shape index (κ3) is 3.06. The standard InChI is InChI=1S/C20H16N2O2S2/c1-11-17-19(24)21-16(22-20(17)26-18(11)12(2)23)10-25-15-8-7-13-5-3-4-6-14(13)9-15/h3-9H,10H2,1-2H3,(H,21,22,24). The van der Waals surface area contributed by atoms with E-state index in [1.807, 2.05) is 12.1 Å². The number of carbonyl (C=O) groups is 1. The van der Waals surface area contributed by atoms with Gasteiger partial charge in [-0.3, -0.25) is 9.59 Å². The Hall–Kier alpha value is -2.44. The van der Waals surface area contributed by atoms with Crippen molar-refractivity contribution < 1.29 is 4.79 Å². The molecule has 2 heterocycles. The zero-order valence-electron chi connectivity index (χ0n) is 14.3.